The SMILES string of the molecule is O=C(COC(=O)CSCc1cccs1)N[C@@H](c1ccccc1)c1cccs1. The average molecular weight is 418 g/mol. The van der Waals surface area contributed by atoms with Gasteiger partial charge < -0.3 is 10.1 Å². The van der Waals surface area contributed by atoms with Gasteiger partial charge in [-0.2, -0.15) is 0 Å². The van der Waals surface area contributed by atoms with Crippen molar-refractivity contribution in [2.24, 2.45) is 0 Å². The van der Waals surface area contributed by atoms with E-state index in [0.717, 1.165) is 16.2 Å². The zero-order valence-corrected chi connectivity index (χ0v) is 16.9. The fourth-order valence-electron chi connectivity index (χ4n) is 2.44. The van der Waals surface area contributed by atoms with Crippen LogP contribution in [0.15, 0.2) is 65.4 Å². The number of rotatable bonds is 9. The van der Waals surface area contributed by atoms with Gasteiger partial charge >= 0.3 is 5.97 Å². The molecule has 0 spiro atoms. The van der Waals surface area contributed by atoms with Crippen LogP contribution in [0.4, 0.5) is 0 Å². The lowest BCUT2D eigenvalue weighted by Gasteiger charge is -2.18. The van der Waals surface area contributed by atoms with E-state index in [4.69, 9.17) is 4.74 Å². The Kier molecular flexibility index (Phi) is 7.50. The molecule has 0 fully saturated rings. The normalized spacial score (nSPS) is 11.7. The standard InChI is InChI=1S/C20H19NO3S3/c22-18(12-24-19(23)14-25-13-16-8-4-10-26-16)21-20(17-9-5-11-27-17)15-6-2-1-3-7-15/h1-11,20H,12-14H2,(H,21,22)/t20-/m0/s1. The molecule has 4 nitrogen and oxygen atoms in total. The number of hydrogen-bond donors (Lipinski definition) is 1. The Morgan fingerprint density at radius 2 is 1.78 bits per heavy atom. The highest BCUT2D eigenvalue weighted by molar-refractivity contribution is 7.99. The van der Waals surface area contributed by atoms with Crippen LogP contribution in [0.5, 0.6) is 0 Å². The van der Waals surface area contributed by atoms with Crippen molar-refractivity contribution in [1.82, 2.24) is 5.32 Å². The van der Waals surface area contributed by atoms with E-state index in [9.17, 15) is 9.59 Å². The molecule has 2 heterocycles. The Morgan fingerprint density at radius 3 is 2.48 bits per heavy atom. The highest BCUT2D eigenvalue weighted by atomic mass is 32.2. The Balaban J connectivity index is 1.47. The van der Waals surface area contributed by atoms with E-state index in [-0.39, 0.29) is 30.3 Å². The maximum Gasteiger partial charge on any atom is 0.316 e. The van der Waals surface area contributed by atoms with E-state index in [2.05, 4.69) is 5.32 Å². The second-order valence-corrected chi connectivity index (χ2v) is 8.66. The average Bonchev–Trinajstić information content (AvgIpc) is 3.39. The number of hydrogen-bond acceptors (Lipinski definition) is 6. The van der Waals surface area contributed by atoms with Crippen LogP contribution in [-0.4, -0.2) is 24.2 Å². The van der Waals surface area contributed by atoms with Crippen LogP contribution in [-0.2, 0) is 20.1 Å². The summed E-state index contributed by atoms with van der Waals surface area (Å²) < 4.78 is 5.11. The summed E-state index contributed by atoms with van der Waals surface area (Å²) in [5, 5.41) is 6.94. The molecule has 0 unspecified atom stereocenters. The van der Waals surface area contributed by atoms with E-state index >= 15 is 0 Å². The first-order valence-electron chi connectivity index (χ1n) is 8.36. The summed E-state index contributed by atoms with van der Waals surface area (Å²) in [7, 11) is 0. The number of thiophene rings is 2. The van der Waals surface area contributed by atoms with Crippen LogP contribution in [0.2, 0.25) is 0 Å². The van der Waals surface area contributed by atoms with Gasteiger partial charge in [0, 0.05) is 15.5 Å². The van der Waals surface area contributed by atoms with Gasteiger partial charge in [0.25, 0.3) is 5.91 Å². The molecular weight excluding hydrogens is 398 g/mol. The van der Waals surface area contributed by atoms with Crippen molar-refractivity contribution in [3.05, 3.63) is 80.7 Å². The van der Waals surface area contributed by atoms with Crippen LogP contribution >= 0.6 is 34.4 Å². The van der Waals surface area contributed by atoms with E-state index < -0.39 is 0 Å². The number of amides is 1. The number of thioether (sulfide) groups is 1. The first-order chi connectivity index (χ1) is 13.2. The van der Waals surface area contributed by atoms with Crippen molar-refractivity contribution in [2.45, 2.75) is 11.8 Å². The van der Waals surface area contributed by atoms with E-state index in [1.165, 1.54) is 16.6 Å². The molecular formula is C20H19NO3S3. The van der Waals surface area contributed by atoms with E-state index in [1.807, 2.05) is 65.4 Å². The van der Waals surface area contributed by atoms with Gasteiger partial charge in [-0.15, -0.1) is 34.4 Å². The predicted octanol–water partition coefficient (Wildman–Crippen LogP) is 4.49. The molecule has 3 aromatic rings. The maximum absolute atomic E-state index is 12.3. The number of ether oxygens (including phenoxy) is 1. The zero-order valence-electron chi connectivity index (χ0n) is 14.5. The molecule has 1 amide bonds. The summed E-state index contributed by atoms with van der Waals surface area (Å²) in [5.41, 5.74) is 0.992. The minimum atomic E-state index is -0.376. The monoisotopic (exact) mass is 417 g/mol. The van der Waals surface area contributed by atoms with Crippen LogP contribution in [0.1, 0.15) is 21.4 Å². The lowest BCUT2D eigenvalue weighted by molar-refractivity contribution is -0.146. The summed E-state index contributed by atoms with van der Waals surface area (Å²) in [6.07, 6.45) is 0. The highest BCUT2D eigenvalue weighted by Gasteiger charge is 2.18. The number of carbonyl (C=O) groups is 2. The Bertz CT molecular complexity index is 833. The second-order valence-electron chi connectivity index (χ2n) is 5.66. The largest absolute Gasteiger partial charge is 0.455 e. The highest BCUT2D eigenvalue weighted by Crippen LogP contribution is 2.25. The maximum atomic E-state index is 12.3. The molecule has 1 aromatic carbocycles. The van der Waals surface area contributed by atoms with Crippen molar-refractivity contribution >= 4 is 46.3 Å². The minimum absolute atomic E-state index is 0.234. The quantitative estimate of drug-likeness (QED) is 0.521. The molecule has 1 atom stereocenters. The molecule has 140 valence electrons. The number of carbonyl (C=O) groups excluding carboxylic acids is 2. The fourth-order valence-corrected chi connectivity index (χ4v) is 4.90. The van der Waals surface area contributed by atoms with Gasteiger partial charge in [-0.1, -0.05) is 42.5 Å². The van der Waals surface area contributed by atoms with Crippen molar-refractivity contribution in [1.29, 1.82) is 0 Å². The summed E-state index contributed by atoms with van der Waals surface area (Å²) in [6.45, 7) is -0.271. The first-order valence-corrected chi connectivity index (χ1v) is 11.3. The van der Waals surface area contributed by atoms with Gasteiger partial charge in [0.2, 0.25) is 0 Å². The lowest BCUT2D eigenvalue weighted by Crippen LogP contribution is -2.33. The Labute approximate surface area is 170 Å². The van der Waals surface area contributed by atoms with Crippen LogP contribution in [0, 0.1) is 0 Å². The van der Waals surface area contributed by atoms with Gasteiger partial charge in [0.05, 0.1) is 11.8 Å². The molecule has 1 N–H and O–H groups in total. The van der Waals surface area contributed by atoms with Crippen LogP contribution in [0.3, 0.4) is 0 Å². The molecule has 0 radical (unpaired) electrons. The van der Waals surface area contributed by atoms with Gasteiger partial charge in [0.15, 0.2) is 6.61 Å². The fraction of sp³-hybridized carbons (Fsp3) is 0.200. The molecule has 0 aliphatic heterocycles. The summed E-state index contributed by atoms with van der Waals surface area (Å²) in [6, 6.07) is 17.5. The summed E-state index contributed by atoms with van der Waals surface area (Å²) in [4.78, 5) is 26.4. The third kappa shape index (κ3) is 6.23. The van der Waals surface area contributed by atoms with E-state index in [0.29, 0.717) is 0 Å². The first kappa shape index (κ1) is 19.7. The lowest BCUT2D eigenvalue weighted by atomic mass is 10.1. The summed E-state index contributed by atoms with van der Waals surface area (Å²) >= 11 is 4.72. The second kappa shape index (κ2) is 10.3. The topological polar surface area (TPSA) is 55.4 Å². The van der Waals surface area contributed by atoms with Gasteiger partial charge in [-0.25, -0.2) is 0 Å². The zero-order chi connectivity index (χ0) is 18.9. The van der Waals surface area contributed by atoms with Crippen molar-refractivity contribution in [3.8, 4) is 0 Å². The van der Waals surface area contributed by atoms with Crippen molar-refractivity contribution in [2.75, 3.05) is 12.4 Å². The molecule has 0 bridgehead atoms. The molecule has 0 saturated carbocycles. The van der Waals surface area contributed by atoms with Crippen molar-refractivity contribution < 1.29 is 14.3 Å². The van der Waals surface area contributed by atoms with Gasteiger partial charge in [-0.05, 0) is 28.5 Å². The smallest absolute Gasteiger partial charge is 0.316 e. The number of nitrogens with one attached hydrogen (secondary N) is 1. The Hall–Kier alpha value is -2.09. The third-order valence-electron chi connectivity index (χ3n) is 3.67. The van der Waals surface area contributed by atoms with E-state index in [1.54, 1.807) is 22.7 Å². The molecule has 2 aromatic heterocycles. The van der Waals surface area contributed by atoms with Crippen molar-refractivity contribution in [3.63, 3.8) is 0 Å². The molecule has 0 aliphatic carbocycles. The number of benzene rings is 1. The van der Waals surface area contributed by atoms with Gasteiger partial charge in [-0.3, -0.25) is 9.59 Å². The van der Waals surface area contributed by atoms with Crippen LogP contribution in [0.25, 0.3) is 0 Å². The molecule has 0 aliphatic rings. The molecule has 3 rings (SSSR count). The molecule has 7 heteroatoms. The van der Waals surface area contributed by atoms with Gasteiger partial charge in [0.1, 0.15) is 0 Å². The van der Waals surface area contributed by atoms with Crippen LogP contribution < -0.4 is 5.32 Å². The number of esters is 1. The minimum Gasteiger partial charge on any atom is -0.455 e. The molecule has 0 saturated heterocycles. The third-order valence-corrected chi connectivity index (χ3v) is 6.63. The predicted molar refractivity (Wildman–Crippen MR) is 112 cm³/mol. The Morgan fingerprint density at radius 1 is 1.00 bits per heavy atom. The summed E-state index contributed by atoms with van der Waals surface area (Å²) in [5.74, 6) is 0.319. The molecule has 27 heavy (non-hydrogen) atoms.